The molecule has 0 aliphatic heterocycles. The lowest BCUT2D eigenvalue weighted by Crippen LogP contribution is -2.13. The van der Waals surface area contributed by atoms with Gasteiger partial charge in [-0.1, -0.05) is 0 Å². The number of phenols is 1. The fraction of sp³-hybridized carbons (Fsp3) is 0. The number of rotatable bonds is 3. The number of ether oxygens (including phenoxy) is 1. The molecule has 8 nitrogen and oxygen atoms in total. The molecule has 2 aromatic carbocycles. The molecular formula is C14H10N2O6. The number of non-ortho nitro benzene ring substituents is 1. The summed E-state index contributed by atoms with van der Waals surface area (Å²) in [7, 11) is 0. The number of hydrogen-bond donors (Lipinski definition) is 2. The van der Waals surface area contributed by atoms with Crippen molar-refractivity contribution in [1.29, 1.82) is 0 Å². The smallest absolute Gasteiger partial charge is 0.350 e. The molecule has 0 fully saturated rings. The Balaban J connectivity index is 2.22. The van der Waals surface area contributed by atoms with Gasteiger partial charge in [0.25, 0.3) is 5.69 Å². The maximum absolute atomic E-state index is 11.8. The summed E-state index contributed by atoms with van der Waals surface area (Å²) >= 11 is 0. The number of carbonyl (C=O) groups is 2. The molecule has 0 heterocycles. The standard InChI is InChI=1S/C14H10N2O6/c15-9-3-1-8(2-4-9)13(18)22-14(19)11-7-10(16(20)21)5-6-12(11)17/h1-7,17H,15H2. The molecule has 2 aromatic rings. The number of hydrogen-bond acceptors (Lipinski definition) is 7. The summed E-state index contributed by atoms with van der Waals surface area (Å²) in [6, 6.07) is 8.44. The van der Waals surface area contributed by atoms with E-state index in [-0.39, 0.29) is 5.56 Å². The van der Waals surface area contributed by atoms with Crippen LogP contribution >= 0.6 is 0 Å². The van der Waals surface area contributed by atoms with Crippen LogP contribution in [0.1, 0.15) is 20.7 Å². The van der Waals surface area contributed by atoms with Gasteiger partial charge in [0, 0.05) is 17.8 Å². The fourth-order valence-corrected chi connectivity index (χ4v) is 1.62. The zero-order valence-electron chi connectivity index (χ0n) is 11.1. The van der Waals surface area contributed by atoms with E-state index in [9.17, 15) is 24.8 Å². The largest absolute Gasteiger partial charge is 0.507 e. The van der Waals surface area contributed by atoms with Crippen molar-refractivity contribution in [3.63, 3.8) is 0 Å². The lowest BCUT2D eigenvalue weighted by molar-refractivity contribution is -0.384. The zero-order chi connectivity index (χ0) is 16.3. The molecule has 0 spiro atoms. The van der Waals surface area contributed by atoms with Crippen LogP contribution in [0.4, 0.5) is 11.4 Å². The van der Waals surface area contributed by atoms with E-state index in [1.54, 1.807) is 0 Å². The van der Waals surface area contributed by atoms with Crippen LogP contribution in [0.2, 0.25) is 0 Å². The second-order valence-corrected chi connectivity index (χ2v) is 4.26. The lowest BCUT2D eigenvalue weighted by atomic mass is 10.1. The highest BCUT2D eigenvalue weighted by atomic mass is 16.6. The number of benzene rings is 2. The summed E-state index contributed by atoms with van der Waals surface area (Å²) < 4.78 is 4.58. The van der Waals surface area contributed by atoms with Crippen molar-refractivity contribution in [1.82, 2.24) is 0 Å². The van der Waals surface area contributed by atoms with E-state index in [0.29, 0.717) is 5.69 Å². The van der Waals surface area contributed by atoms with Gasteiger partial charge in [0.1, 0.15) is 11.3 Å². The average Bonchev–Trinajstić information content (AvgIpc) is 2.47. The van der Waals surface area contributed by atoms with Gasteiger partial charge < -0.3 is 15.6 Å². The first-order valence-corrected chi connectivity index (χ1v) is 5.98. The van der Waals surface area contributed by atoms with Crippen LogP contribution in [-0.4, -0.2) is 22.0 Å². The molecule has 0 bridgehead atoms. The third-order valence-electron chi connectivity index (χ3n) is 2.74. The van der Waals surface area contributed by atoms with Crippen molar-refractivity contribution >= 4 is 23.3 Å². The van der Waals surface area contributed by atoms with Gasteiger partial charge in [0.15, 0.2) is 0 Å². The molecule has 0 amide bonds. The molecule has 0 radical (unpaired) electrons. The second-order valence-electron chi connectivity index (χ2n) is 4.26. The average molecular weight is 302 g/mol. The van der Waals surface area contributed by atoms with Gasteiger partial charge in [-0.3, -0.25) is 10.1 Å². The minimum Gasteiger partial charge on any atom is -0.507 e. The minimum absolute atomic E-state index is 0.0764. The number of nitrogens with two attached hydrogens (primary N) is 1. The Morgan fingerprint density at radius 3 is 2.32 bits per heavy atom. The van der Waals surface area contributed by atoms with E-state index in [2.05, 4.69) is 4.74 Å². The number of nitrogens with zero attached hydrogens (tertiary/aromatic N) is 1. The fourth-order valence-electron chi connectivity index (χ4n) is 1.62. The van der Waals surface area contributed by atoms with E-state index in [1.165, 1.54) is 24.3 Å². The topological polar surface area (TPSA) is 133 Å². The Bertz CT molecular complexity index is 754. The highest BCUT2D eigenvalue weighted by Crippen LogP contribution is 2.24. The Morgan fingerprint density at radius 2 is 1.73 bits per heavy atom. The van der Waals surface area contributed by atoms with Crippen LogP contribution in [0.15, 0.2) is 42.5 Å². The Kier molecular flexibility index (Phi) is 4.03. The molecule has 0 aliphatic rings. The molecule has 2 rings (SSSR count). The SMILES string of the molecule is Nc1ccc(C(=O)OC(=O)c2cc([N+](=O)[O-])ccc2O)cc1. The van der Waals surface area contributed by atoms with Crippen LogP contribution in [0.5, 0.6) is 5.75 Å². The Morgan fingerprint density at radius 1 is 1.09 bits per heavy atom. The first-order chi connectivity index (χ1) is 10.4. The highest BCUT2D eigenvalue weighted by molar-refractivity contribution is 6.04. The maximum Gasteiger partial charge on any atom is 0.350 e. The first kappa shape index (κ1) is 15.0. The maximum atomic E-state index is 11.8. The van der Waals surface area contributed by atoms with Gasteiger partial charge in [0.05, 0.1) is 10.5 Å². The number of nitro benzene ring substituents is 1. The summed E-state index contributed by atoms with van der Waals surface area (Å²) in [5.74, 6) is -2.68. The van der Waals surface area contributed by atoms with Gasteiger partial charge >= 0.3 is 11.9 Å². The third-order valence-corrected chi connectivity index (χ3v) is 2.74. The molecule has 0 saturated heterocycles. The minimum atomic E-state index is -1.19. The van der Waals surface area contributed by atoms with E-state index in [4.69, 9.17) is 5.73 Å². The van der Waals surface area contributed by atoms with Crippen molar-refractivity contribution < 1.29 is 24.4 Å². The summed E-state index contributed by atoms with van der Waals surface area (Å²) in [6.07, 6.45) is 0. The third kappa shape index (κ3) is 3.18. The number of nitrogen functional groups attached to an aromatic ring is 1. The van der Waals surface area contributed by atoms with Crippen LogP contribution in [0.25, 0.3) is 0 Å². The molecule has 0 unspecified atom stereocenters. The van der Waals surface area contributed by atoms with Gasteiger partial charge in [-0.05, 0) is 30.3 Å². The first-order valence-electron chi connectivity index (χ1n) is 5.98. The van der Waals surface area contributed by atoms with Gasteiger partial charge in [0.2, 0.25) is 0 Å². The molecule has 3 N–H and O–H groups in total. The Labute approximate surface area is 123 Å². The molecular weight excluding hydrogens is 292 g/mol. The van der Waals surface area contributed by atoms with Crippen molar-refractivity contribution in [2.75, 3.05) is 5.73 Å². The van der Waals surface area contributed by atoms with Gasteiger partial charge in [-0.15, -0.1) is 0 Å². The van der Waals surface area contributed by atoms with Crippen LogP contribution in [0.3, 0.4) is 0 Å². The van der Waals surface area contributed by atoms with Gasteiger partial charge in [-0.25, -0.2) is 9.59 Å². The van der Waals surface area contributed by atoms with Crippen molar-refractivity contribution in [3.05, 3.63) is 63.7 Å². The zero-order valence-corrected chi connectivity index (χ0v) is 11.1. The monoisotopic (exact) mass is 302 g/mol. The lowest BCUT2D eigenvalue weighted by Gasteiger charge is -2.05. The highest BCUT2D eigenvalue weighted by Gasteiger charge is 2.21. The Hall–Kier alpha value is -3.42. The van der Waals surface area contributed by atoms with Crippen molar-refractivity contribution in [2.45, 2.75) is 0 Å². The predicted octanol–water partition coefficient (Wildman–Crippen LogP) is 1.88. The number of aromatic hydroxyl groups is 1. The summed E-state index contributed by atoms with van der Waals surface area (Å²) in [5.41, 5.74) is 5.09. The molecule has 0 atom stereocenters. The van der Waals surface area contributed by atoms with Gasteiger partial charge in [-0.2, -0.15) is 0 Å². The van der Waals surface area contributed by atoms with Crippen molar-refractivity contribution in [2.24, 2.45) is 0 Å². The van der Waals surface area contributed by atoms with Crippen LogP contribution in [0, 0.1) is 10.1 Å². The number of anilines is 1. The summed E-state index contributed by atoms with van der Waals surface area (Å²) in [5, 5.41) is 20.2. The van der Waals surface area contributed by atoms with E-state index >= 15 is 0 Å². The number of esters is 2. The quantitative estimate of drug-likeness (QED) is 0.291. The van der Waals surface area contributed by atoms with Crippen LogP contribution in [-0.2, 0) is 4.74 Å². The molecule has 112 valence electrons. The summed E-state index contributed by atoms with van der Waals surface area (Å²) in [4.78, 5) is 33.5. The number of nitro groups is 1. The molecule has 0 aromatic heterocycles. The molecule has 0 aliphatic carbocycles. The predicted molar refractivity (Wildman–Crippen MR) is 75.4 cm³/mol. The van der Waals surface area contributed by atoms with E-state index in [1.807, 2.05) is 0 Å². The van der Waals surface area contributed by atoms with Crippen molar-refractivity contribution in [3.8, 4) is 5.75 Å². The molecule has 8 heteroatoms. The molecule has 22 heavy (non-hydrogen) atoms. The normalized spacial score (nSPS) is 10.0. The van der Waals surface area contributed by atoms with Crippen LogP contribution < -0.4 is 5.73 Å². The summed E-state index contributed by atoms with van der Waals surface area (Å²) in [6.45, 7) is 0. The van der Waals surface area contributed by atoms with E-state index < -0.39 is 33.9 Å². The molecule has 0 saturated carbocycles. The second kappa shape index (κ2) is 5.92. The number of phenolic OH excluding ortho intramolecular Hbond substituents is 1. The number of carbonyl (C=O) groups excluding carboxylic acids is 2. The van der Waals surface area contributed by atoms with E-state index in [0.717, 1.165) is 18.2 Å².